The number of carbonyl (C=O) groups excluding carboxylic acids is 9. The predicted molar refractivity (Wildman–Crippen MR) is 338 cm³/mol. The van der Waals surface area contributed by atoms with Crippen LogP contribution in [0.3, 0.4) is 0 Å². The highest BCUT2D eigenvalue weighted by molar-refractivity contribution is 5.98. The second-order valence-corrected chi connectivity index (χ2v) is 25.4. The molecule has 2 aromatic carbocycles. The maximum absolute atomic E-state index is 14.9. The van der Waals surface area contributed by atoms with Gasteiger partial charge >= 0.3 is 18.1 Å². The zero-order chi connectivity index (χ0) is 66.2. The summed E-state index contributed by atoms with van der Waals surface area (Å²) in [4.78, 5) is 127. The minimum absolute atomic E-state index is 0.0640. The molecule has 1 heterocycles. The summed E-state index contributed by atoms with van der Waals surface area (Å²) < 4.78 is 22.5. The molecule has 0 bridgehead atoms. The number of primary amides is 1. The normalized spacial score (nSPS) is 16.9. The Morgan fingerprint density at radius 1 is 0.716 bits per heavy atom. The van der Waals surface area contributed by atoms with E-state index in [1.165, 1.54) is 21.3 Å². The third-order valence-electron chi connectivity index (χ3n) is 16.4. The van der Waals surface area contributed by atoms with Crippen LogP contribution in [0.25, 0.3) is 0 Å². The maximum Gasteiger partial charge on any atom is 0.408 e. The van der Waals surface area contributed by atoms with E-state index in [0.29, 0.717) is 57.3 Å². The van der Waals surface area contributed by atoms with E-state index in [4.69, 9.17) is 24.7 Å². The molecule has 88 heavy (non-hydrogen) atoms. The number of hydrogen-bond acceptors (Lipinski definition) is 14. The van der Waals surface area contributed by atoms with Crippen molar-refractivity contribution in [3.63, 3.8) is 0 Å². The van der Waals surface area contributed by atoms with Crippen LogP contribution in [0.5, 0.6) is 0 Å². The number of amides is 9. The van der Waals surface area contributed by atoms with E-state index in [2.05, 4.69) is 31.9 Å². The number of nitrogens with two attached hydrogens (primary N) is 1. The van der Waals surface area contributed by atoms with Gasteiger partial charge in [0.25, 0.3) is 0 Å². The second kappa shape index (κ2) is 36.6. The topological polar surface area (TPSA) is 298 Å². The Morgan fingerprint density at radius 2 is 1.34 bits per heavy atom. The summed E-state index contributed by atoms with van der Waals surface area (Å²) in [7, 11) is 7.87. The molecule has 0 saturated carbocycles. The third kappa shape index (κ3) is 23.6. The van der Waals surface area contributed by atoms with Gasteiger partial charge in [0.05, 0.1) is 49.8 Å². The minimum atomic E-state index is -0.996. The van der Waals surface area contributed by atoms with Gasteiger partial charge in [0.2, 0.25) is 35.4 Å². The summed E-state index contributed by atoms with van der Waals surface area (Å²) in [6.07, 6.45) is 1.60. The summed E-state index contributed by atoms with van der Waals surface area (Å²) in [6.45, 7) is 23.3. The van der Waals surface area contributed by atoms with Gasteiger partial charge in [0.15, 0.2) is 0 Å². The van der Waals surface area contributed by atoms with Crippen LogP contribution in [-0.4, -0.2) is 183 Å². The molecule has 2 aromatic rings. The average molecular weight is 1240 g/mol. The van der Waals surface area contributed by atoms with Gasteiger partial charge in [0, 0.05) is 53.0 Å². The van der Waals surface area contributed by atoms with Crippen molar-refractivity contribution in [1.29, 1.82) is 0 Å². The van der Waals surface area contributed by atoms with Crippen LogP contribution >= 0.6 is 0 Å². The number of carbonyl (C=O) groups is 9. The monoisotopic (exact) mass is 1230 g/mol. The number of benzene rings is 2. The number of likely N-dealkylation sites (tertiary alicyclic amines) is 1. The van der Waals surface area contributed by atoms with E-state index < -0.39 is 102 Å². The maximum atomic E-state index is 14.9. The van der Waals surface area contributed by atoms with Crippen molar-refractivity contribution in [2.24, 2.45) is 35.3 Å². The Labute approximate surface area is 523 Å². The summed E-state index contributed by atoms with van der Waals surface area (Å²) in [5.74, 6) is -4.57. The minimum Gasteiger partial charge on any atom is -0.467 e. The van der Waals surface area contributed by atoms with Gasteiger partial charge in [-0.15, -0.1) is 0 Å². The number of nitrogens with zero attached hydrogens (tertiary/aromatic N) is 3. The van der Waals surface area contributed by atoms with Crippen molar-refractivity contribution in [1.82, 2.24) is 41.3 Å². The predicted octanol–water partition coefficient (Wildman–Crippen LogP) is 5.96. The Morgan fingerprint density at radius 3 is 1.89 bits per heavy atom. The number of esters is 1. The van der Waals surface area contributed by atoms with Gasteiger partial charge in [0.1, 0.15) is 29.8 Å². The highest BCUT2D eigenvalue weighted by Gasteiger charge is 2.44. The van der Waals surface area contributed by atoms with E-state index >= 15 is 0 Å². The molecule has 1 aliphatic rings. The first-order valence-corrected chi connectivity index (χ1v) is 31.2. The molecule has 11 atom stereocenters. The van der Waals surface area contributed by atoms with Gasteiger partial charge < -0.3 is 66.4 Å². The van der Waals surface area contributed by atoms with Gasteiger partial charge in [-0.05, 0) is 113 Å². The number of urea groups is 1. The van der Waals surface area contributed by atoms with Crippen molar-refractivity contribution in [3.05, 3.63) is 65.7 Å². The molecule has 11 unspecified atom stereocenters. The molecule has 23 nitrogen and oxygen atoms in total. The van der Waals surface area contributed by atoms with Crippen molar-refractivity contribution in [2.75, 3.05) is 60.4 Å². The van der Waals surface area contributed by atoms with E-state index in [1.54, 1.807) is 70.5 Å². The number of methoxy groups -OCH3 is 3. The fourth-order valence-electron chi connectivity index (χ4n) is 11.4. The Balaban J connectivity index is 1.73. The highest BCUT2D eigenvalue weighted by atomic mass is 16.6. The van der Waals surface area contributed by atoms with Crippen LogP contribution in [0.2, 0.25) is 0 Å². The molecule has 3 rings (SSSR count). The molecule has 1 saturated heterocycles. The molecular weight excluding hydrogens is 1130 g/mol. The lowest BCUT2D eigenvalue weighted by molar-refractivity contribution is -0.149. The van der Waals surface area contributed by atoms with Crippen LogP contribution in [0.15, 0.2) is 54.6 Å². The highest BCUT2D eigenvalue weighted by Crippen LogP contribution is 2.30. The number of likely N-dealkylation sites (N-methyl/N-ethyl adjacent to an activating group) is 2. The van der Waals surface area contributed by atoms with Crippen LogP contribution in [0.4, 0.5) is 15.3 Å². The number of rotatable bonds is 35. The molecule has 0 aliphatic carbocycles. The average Bonchev–Trinajstić information content (AvgIpc) is 4.20. The number of ether oxygens (including phenoxy) is 4. The molecule has 1 aliphatic heterocycles. The molecule has 494 valence electrons. The van der Waals surface area contributed by atoms with Gasteiger partial charge in [-0.1, -0.05) is 111 Å². The zero-order valence-electron chi connectivity index (χ0n) is 55.5. The first-order valence-electron chi connectivity index (χ1n) is 31.2. The fraction of sp³-hybridized carbons (Fsp3) is 0.677. The number of alkyl carbamates (subject to hydrolysis) is 1. The number of unbranched alkanes of at least 4 members (excludes halogenated alkanes) is 1. The standard InChI is InChI=1S/C65H106N10O13/c1-18-42(8)55(50(85-15)38-51(76)75-35-24-28-49(75)56(86-16)43(9)57(77)70-48(62(82)87-17)37-45-25-20-19-21-26-45)74(14)61(81)53(40(4)5)71-60(80)54(41(6)7)73(13)36-33-44-29-31-46(32-30-44)68-58(78)47(27-22-23-34-67-63(66)83)69-59(79)52(39(2)3)72-64(84)88-65(10,11)12/h19-21,25-26,29-32,39-43,47-50,52-56H,18,22-24,27-28,33-38H2,1-17H3,(H,68,78)(H,69,79)(H,70,77)(H,71,80)(H,72,84)(H3,66,67,83). The van der Waals surface area contributed by atoms with Gasteiger partial charge in [-0.25, -0.2) is 14.4 Å². The van der Waals surface area contributed by atoms with Crippen molar-refractivity contribution in [3.8, 4) is 0 Å². The van der Waals surface area contributed by atoms with Crippen LogP contribution in [-0.2, 0) is 65.4 Å². The van der Waals surface area contributed by atoms with E-state index in [1.807, 2.05) is 96.0 Å². The lowest BCUT2D eigenvalue weighted by atomic mass is 9.89. The first-order chi connectivity index (χ1) is 41.4. The van der Waals surface area contributed by atoms with E-state index in [0.717, 1.165) is 11.1 Å². The number of nitrogens with one attached hydrogen (secondary N) is 6. The van der Waals surface area contributed by atoms with Gasteiger partial charge in [-0.3, -0.25) is 33.7 Å². The Kier molecular flexibility index (Phi) is 31.3. The summed E-state index contributed by atoms with van der Waals surface area (Å²) in [5, 5.41) is 16.8. The molecule has 23 heteroatoms. The quantitative estimate of drug-likeness (QED) is 0.0310. The summed E-state index contributed by atoms with van der Waals surface area (Å²) in [5.41, 5.74) is 6.68. The van der Waals surface area contributed by atoms with E-state index in [9.17, 15) is 43.2 Å². The SMILES string of the molecule is CCC(C)C(C(CC(=O)N1CCCC1C(OC)C(C)C(=O)NC(Cc1ccccc1)C(=O)OC)OC)N(C)C(=O)C(NC(=O)C(C(C)C)N(C)CCc1ccc(NC(=O)C(CCCCNC(N)=O)NC(=O)C(NC(=O)OC(C)(C)C)C(C)C)cc1)C(C)C. The molecule has 1 fully saturated rings. The van der Waals surface area contributed by atoms with Crippen molar-refractivity contribution < 1.29 is 62.1 Å². The van der Waals surface area contributed by atoms with E-state index in [-0.39, 0.29) is 67.2 Å². The molecule has 0 radical (unpaired) electrons. The van der Waals surface area contributed by atoms with Crippen molar-refractivity contribution in [2.45, 2.75) is 201 Å². The molecule has 0 aromatic heterocycles. The van der Waals surface area contributed by atoms with Crippen LogP contribution < -0.4 is 37.6 Å². The fourth-order valence-corrected chi connectivity index (χ4v) is 11.4. The van der Waals surface area contributed by atoms with Crippen molar-refractivity contribution >= 4 is 59.2 Å². The lowest BCUT2D eigenvalue weighted by Gasteiger charge is -2.41. The van der Waals surface area contributed by atoms with Crippen LogP contribution in [0.1, 0.15) is 139 Å². The smallest absolute Gasteiger partial charge is 0.408 e. The Bertz CT molecular complexity index is 2560. The van der Waals surface area contributed by atoms with Crippen LogP contribution in [0, 0.1) is 29.6 Å². The summed E-state index contributed by atoms with van der Waals surface area (Å²) in [6, 6.07) is 10.4. The molecule has 9 amide bonds. The second-order valence-electron chi connectivity index (χ2n) is 25.4. The third-order valence-corrected chi connectivity index (χ3v) is 16.4. The number of anilines is 1. The molecular formula is C65H106N10O13. The molecule has 0 spiro atoms. The van der Waals surface area contributed by atoms with Gasteiger partial charge in [-0.2, -0.15) is 0 Å². The summed E-state index contributed by atoms with van der Waals surface area (Å²) >= 11 is 0. The largest absolute Gasteiger partial charge is 0.467 e. The zero-order valence-corrected chi connectivity index (χ0v) is 55.5. The lowest BCUT2D eigenvalue weighted by Crippen LogP contribution is -2.60. The molecule has 8 N–H and O–H groups in total. The first kappa shape index (κ1) is 75.4. The Hall–Kier alpha value is -6.85. The number of hydrogen-bond donors (Lipinski definition) is 7.